The highest BCUT2D eigenvalue weighted by Gasteiger charge is 2.13. The van der Waals surface area contributed by atoms with E-state index in [1.807, 2.05) is 12.1 Å². The third-order valence-corrected chi connectivity index (χ3v) is 2.77. The molecule has 1 aliphatic carbocycles. The lowest BCUT2D eigenvalue weighted by Crippen LogP contribution is -2.32. The number of nitrogens with one attached hydrogen (secondary N) is 1. The van der Waals surface area contributed by atoms with E-state index >= 15 is 0 Å². The maximum absolute atomic E-state index is 11.7. The van der Waals surface area contributed by atoms with Gasteiger partial charge in [0.15, 0.2) is 0 Å². The standard InChI is InChI=1S/C12H13NOS/c14-12(13-10-3-1-2-4-10)9-5-7-11(15)8-6-9/h1-2,5-8,10,15H,3-4H2,(H,13,14). The Morgan fingerprint density at radius 2 is 1.80 bits per heavy atom. The highest BCUT2D eigenvalue weighted by molar-refractivity contribution is 7.80. The molecule has 15 heavy (non-hydrogen) atoms. The molecule has 0 atom stereocenters. The monoisotopic (exact) mass is 219 g/mol. The summed E-state index contributed by atoms with van der Waals surface area (Å²) in [6, 6.07) is 7.50. The molecule has 0 fully saturated rings. The van der Waals surface area contributed by atoms with Crippen molar-refractivity contribution in [1.82, 2.24) is 5.32 Å². The summed E-state index contributed by atoms with van der Waals surface area (Å²) in [4.78, 5) is 12.6. The normalized spacial score (nSPS) is 15.5. The van der Waals surface area contributed by atoms with E-state index in [4.69, 9.17) is 0 Å². The van der Waals surface area contributed by atoms with E-state index in [1.165, 1.54) is 0 Å². The van der Waals surface area contributed by atoms with Crippen molar-refractivity contribution in [2.45, 2.75) is 23.8 Å². The van der Waals surface area contributed by atoms with E-state index in [-0.39, 0.29) is 11.9 Å². The van der Waals surface area contributed by atoms with Gasteiger partial charge in [-0.3, -0.25) is 4.79 Å². The molecule has 0 heterocycles. The van der Waals surface area contributed by atoms with Crippen LogP contribution in [0.2, 0.25) is 0 Å². The van der Waals surface area contributed by atoms with Crippen LogP contribution in [0, 0.1) is 0 Å². The summed E-state index contributed by atoms with van der Waals surface area (Å²) in [7, 11) is 0. The van der Waals surface area contributed by atoms with Crippen molar-refractivity contribution in [1.29, 1.82) is 0 Å². The highest BCUT2D eigenvalue weighted by Crippen LogP contribution is 2.11. The summed E-state index contributed by atoms with van der Waals surface area (Å²) >= 11 is 4.18. The minimum Gasteiger partial charge on any atom is -0.349 e. The average molecular weight is 219 g/mol. The molecule has 0 aliphatic heterocycles. The van der Waals surface area contributed by atoms with E-state index in [0.717, 1.165) is 17.7 Å². The second-order valence-electron chi connectivity index (χ2n) is 3.66. The Hall–Kier alpha value is -1.22. The lowest BCUT2D eigenvalue weighted by Gasteiger charge is -2.11. The number of rotatable bonds is 2. The molecular weight excluding hydrogens is 206 g/mol. The molecule has 0 bridgehead atoms. The van der Waals surface area contributed by atoms with Gasteiger partial charge in [-0.25, -0.2) is 0 Å². The summed E-state index contributed by atoms with van der Waals surface area (Å²) in [6.45, 7) is 0. The third kappa shape index (κ3) is 2.63. The molecule has 1 amide bonds. The van der Waals surface area contributed by atoms with Crippen molar-refractivity contribution in [3.8, 4) is 0 Å². The van der Waals surface area contributed by atoms with E-state index in [2.05, 4.69) is 30.1 Å². The zero-order chi connectivity index (χ0) is 10.7. The van der Waals surface area contributed by atoms with Crippen molar-refractivity contribution in [2.24, 2.45) is 0 Å². The molecule has 0 aromatic heterocycles. The predicted molar refractivity (Wildman–Crippen MR) is 63.3 cm³/mol. The van der Waals surface area contributed by atoms with Gasteiger partial charge in [0.25, 0.3) is 5.91 Å². The van der Waals surface area contributed by atoms with Gasteiger partial charge < -0.3 is 5.32 Å². The second-order valence-corrected chi connectivity index (χ2v) is 4.18. The molecule has 1 aromatic rings. The van der Waals surface area contributed by atoms with Crippen LogP contribution in [-0.2, 0) is 0 Å². The first-order valence-electron chi connectivity index (χ1n) is 5.00. The number of carbonyl (C=O) groups is 1. The van der Waals surface area contributed by atoms with E-state index < -0.39 is 0 Å². The Morgan fingerprint density at radius 1 is 1.20 bits per heavy atom. The molecule has 2 rings (SSSR count). The number of thiol groups is 1. The van der Waals surface area contributed by atoms with Gasteiger partial charge in [0.1, 0.15) is 0 Å². The molecule has 0 saturated carbocycles. The Balaban J connectivity index is 1.98. The summed E-state index contributed by atoms with van der Waals surface area (Å²) in [6.07, 6.45) is 6.08. The van der Waals surface area contributed by atoms with Gasteiger partial charge in [-0.15, -0.1) is 12.6 Å². The maximum Gasteiger partial charge on any atom is 0.251 e. The quantitative estimate of drug-likeness (QED) is 0.580. The molecular formula is C12H13NOS. The molecule has 0 spiro atoms. The van der Waals surface area contributed by atoms with Crippen LogP contribution in [0.5, 0.6) is 0 Å². The lowest BCUT2D eigenvalue weighted by atomic mass is 10.2. The zero-order valence-corrected chi connectivity index (χ0v) is 9.21. The molecule has 1 aromatic carbocycles. The minimum atomic E-state index is -0.00275. The fourth-order valence-corrected chi connectivity index (χ4v) is 1.77. The summed E-state index contributed by atoms with van der Waals surface area (Å²) < 4.78 is 0. The molecule has 2 nitrogen and oxygen atoms in total. The first kappa shape index (κ1) is 10.3. The number of carbonyl (C=O) groups excluding carboxylic acids is 1. The van der Waals surface area contributed by atoms with Crippen LogP contribution in [0.1, 0.15) is 23.2 Å². The number of benzene rings is 1. The molecule has 78 valence electrons. The molecule has 0 radical (unpaired) electrons. The molecule has 1 aliphatic rings. The van der Waals surface area contributed by atoms with Gasteiger partial charge >= 0.3 is 0 Å². The average Bonchev–Trinajstić information content (AvgIpc) is 2.71. The van der Waals surface area contributed by atoms with Crippen molar-refractivity contribution in [3.05, 3.63) is 42.0 Å². The zero-order valence-electron chi connectivity index (χ0n) is 8.31. The molecule has 1 N–H and O–H groups in total. The van der Waals surface area contributed by atoms with E-state index in [9.17, 15) is 4.79 Å². The third-order valence-electron chi connectivity index (χ3n) is 2.47. The molecule has 0 unspecified atom stereocenters. The van der Waals surface area contributed by atoms with Gasteiger partial charge in [0.2, 0.25) is 0 Å². The summed E-state index contributed by atoms with van der Waals surface area (Å²) in [5, 5.41) is 2.99. The van der Waals surface area contributed by atoms with Gasteiger partial charge in [-0.05, 0) is 37.1 Å². The number of amides is 1. The lowest BCUT2D eigenvalue weighted by molar-refractivity contribution is 0.0939. The largest absolute Gasteiger partial charge is 0.349 e. The van der Waals surface area contributed by atoms with Crippen LogP contribution in [-0.4, -0.2) is 11.9 Å². The Kier molecular flexibility index (Phi) is 3.11. The first-order valence-corrected chi connectivity index (χ1v) is 5.45. The van der Waals surface area contributed by atoms with Crippen LogP contribution >= 0.6 is 12.6 Å². The highest BCUT2D eigenvalue weighted by atomic mass is 32.1. The topological polar surface area (TPSA) is 29.1 Å². The van der Waals surface area contributed by atoms with Crippen molar-refractivity contribution in [3.63, 3.8) is 0 Å². The first-order chi connectivity index (χ1) is 7.25. The van der Waals surface area contributed by atoms with E-state index in [1.54, 1.807) is 12.1 Å². The smallest absolute Gasteiger partial charge is 0.251 e. The van der Waals surface area contributed by atoms with Gasteiger partial charge in [0.05, 0.1) is 0 Å². The van der Waals surface area contributed by atoms with Crippen LogP contribution in [0.15, 0.2) is 41.3 Å². The van der Waals surface area contributed by atoms with Crippen LogP contribution in [0.3, 0.4) is 0 Å². The predicted octanol–water partition coefficient (Wildman–Crippen LogP) is 2.42. The number of hydrogen-bond donors (Lipinski definition) is 2. The van der Waals surface area contributed by atoms with Crippen molar-refractivity contribution < 1.29 is 4.79 Å². The van der Waals surface area contributed by atoms with Crippen LogP contribution in [0.25, 0.3) is 0 Å². The SMILES string of the molecule is O=C(NC1CC=CC1)c1ccc(S)cc1. The molecule has 3 heteroatoms. The second kappa shape index (κ2) is 4.53. The fraction of sp³-hybridized carbons (Fsp3) is 0.250. The fourth-order valence-electron chi connectivity index (χ4n) is 1.62. The Labute approximate surface area is 94.8 Å². The summed E-state index contributed by atoms with van der Waals surface area (Å²) in [5.74, 6) is -0.00275. The Bertz CT molecular complexity index is 375. The minimum absolute atomic E-state index is 0.00275. The van der Waals surface area contributed by atoms with Gasteiger partial charge in [0, 0.05) is 16.5 Å². The Morgan fingerprint density at radius 3 is 2.40 bits per heavy atom. The number of hydrogen-bond acceptors (Lipinski definition) is 2. The van der Waals surface area contributed by atoms with Crippen molar-refractivity contribution >= 4 is 18.5 Å². The van der Waals surface area contributed by atoms with Gasteiger partial charge in [-0.2, -0.15) is 0 Å². The van der Waals surface area contributed by atoms with Crippen LogP contribution in [0.4, 0.5) is 0 Å². The summed E-state index contributed by atoms with van der Waals surface area (Å²) in [5.41, 5.74) is 0.694. The van der Waals surface area contributed by atoms with Crippen molar-refractivity contribution in [2.75, 3.05) is 0 Å². The van der Waals surface area contributed by atoms with E-state index in [0.29, 0.717) is 5.56 Å². The van der Waals surface area contributed by atoms with Gasteiger partial charge in [-0.1, -0.05) is 12.2 Å². The molecule has 0 saturated heterocycles. The maximum atomic E-state index is 11.7. The van der Waals surface area contributed by atoms with Crippen LogP contribution < -0.4 is 5.32 Å².